The summed E-state index contributed by atoms with van der Waals surface area (Å²) in [6.07, 6.45) is -0.230. The van der Waals surface area contributed by atoms with Crippen LogP contribution in [0.3, 0.4) is 0 Å². The highest BCUT2D eigenvalue weighted by Crippen LogP contribution is 2.18. The zero-order valence-corrected chi connectivity index (χ0v) is 14.3. The molecular weight excluding hydrogens is 334 g/mol. The average Bonchev–Trinajstić information content (AvgIpc) is 2.62. The fourth-order valence-corrected chi connectivity index (χ4v) is 2.10. The van der Waals surface area contributed by atoms with E-state index >= 15 is 0 Å². The van der Waals surface area contributed by atoms with Gasteiger partial charge in [-0.15, -0.1) is 0 Å². The van der Waals surface area contributed by atoms with Crippen LogP contribution in [-0.4, -0.2) is 25.0 Å². The Hall–Kier alpha value is -3.53. The van der Waals surface area contributed by atoms with E-state index < -0.39 is 5.91 Å². The number of ether oxygens (including phenoxy) is 2. The van der Waals surface area contributed by atoms with E-state index in [1.807, 2.05) is 6.92 Å². The van der Waals surface area contributed by atoms with Gasteiger partial charge in [-0.3, -0.25) is 9.59 Å². The van der Waals surface area contributed by atoms with Crippen molar-refractivity contribution in [2.75, 3.05) is 23.8 Å². The van der Waals surface area contributed by atoms with E-state index in [-0.39, 0.29) is 18.9 Å². The van der Waals surface area contributed by atoms with Crippen LogP contribution in [0.4, 0.5) is 11.4 Å². The Morgan fingerprint density at radius 1 is 0.962 bits per heavy atom. The minimum Gasteiger partial charge on any atom is -0.494 e. The molecule has 2 aromatic carbocycles. The second kappa shape index (κ2) is 9.69. The maximum Gasteiger partial charge on any atom is 0.262 e. The fourth-order valence-electron chi connectivity index (χ4n) is 2.10. The summed E-state index contributed by atoms with van der Waals surface area (Å²) in [4.78, 5) is 23.4. The number of carbonyl (C=O) groups is 2. The first-order valence-electron chi connectivity index (χ1n) is 8.03. The van der Waals surface area contributed by atoms with Crippen molar-refractivity contribution in [2.45, 2.75) is 13.3 Å². The maximum atomic E-state index is 12.0. The lowest BCUT2D eigenvalue weighted by Gasteiger charge is -2.10. The van der Waals surface area contributed by atoms with Gasteiger partial charge >= 0.3 is 0 Å². The molecule has 0 radical (unpaired) electrons. The van der Waals surface area contributed by atoms with Crippen molar-refractivity contribution < 1.29 is 19.1 Å². The summed E-state index contributed by atoms with van der Waals surface area (Å²) < 4.78 is 10.8. The van der Waals surface area contributed by atoms with E-state index in [0.717, 1.165) is 5.75 Å². The lowest BCUT2D eigenvalue weighted by Crippen LogP contribution is -2.20. The monoisotopic (exact) mass is 353 g/mol. The van der Waals surface area contributed by atoms with E-state index in [4.69, 9.17) is 14.7 Å². The van der Waals surface area contributed by atoms with E-state index in [2.05, 4.69) is 10.6 Å². The maximum absolute atomic E-state index is 12.0. The standard InChI is InChI=1S/C19H19N3O4/c1-2-25-16-6-8-17(9-7-16)26-13-19(24)22-15-5-3-4-14(12-15)21-18(23)10-11-20/h3-9,12H,2,10,13H2,1H3,(H,21,23)(H,22,24). The number of benzene rings is 2. The molecule has 2 N–H and O–H groups in total. The summed E-state index contributed by atoms with van der Waals surface area (Å²) in [5.74, 6) is 0.551. The Morgan fingerprint density at radius 3 is 2.12 bits per heavy atom. The average molecular weight is 353 g/mol. The van der Waals surface area contributed by atoms with Crippen molar-refractivity contribution in [3.8, 4) is 17.6 Å². The van der Waals surface area contributed by atoms with Gasteiger partial charge in [0.15, 0.2) is 6.61 Å². The lowest BCUT2D eigenvalue weighted by atomic mass is 10.2. The van der Waals surface area contributed by atoms with Crippen LogP contribution in [0.2, 0.25) is 0 Å². The van der Waals surface area contributed by atoms with Gasteiger partial charge in [0.2, 0.25) is 5.91 Å². The van der Waals surface area contributed by atoms with Crippen molar-refractivity contribution in [3.05, 3.63) is 48.5 Å². The third kappa shape index (κ3) is 6.17. The number of rotatable bonds is 8. The molecule has 7 heteroatoms. The molecule has 2 aromatic rings. The Labute approximate surface area is 151 Å². The van der Waals surface area contributed by atoms with Gasteiger partial charge in [0.05, 0.1) is 12.7 Å². The fraction of sp³-hybridized carbons (Fsp3) is 0.211. The Morgan fingerprint density at radius 2 is 1.54 bits per heavy atom. The Bertz CT molecular complexity index is 797. The van der Waals surface area contributed by atoms with E-state index in [9.17, 15) is 9.59 Å². The second-order valence-electron chi connectivity index (χ2n) is 5.21. The molecule has 0 aromatic heterocycles. The predicted molar refractivity (Wildman–Crippen MR) is 97.0 cm³/mol. The first kappa shape index (κ1) is 18.8. The number of nitrogens with zero attached hydrogens (tertiary/aromatic N) is 1. The number of nitrogens with one attached hydrogen (secondary N) is 2. The number of nitriles is 1. The predicted octanol–water partition coefficient (Wildman–Crippen LogP) is 2.95. The van der Waals surface area contributed by atoms with Crippen LogP contribution >= 0.6 is 0 Å². The van der Waals surface area contributed by atoms with Gasteiger partial charge in [-0.05, 0) is 49.4 Å². The first-order chi connectivity index (χ1) is 12.6. The van der Waals surface area contributed by atoms with Crippen LogP contribution in [0.15, 0.2) is 48.5 Å². The zero-order chi connectivity index (χ0) is 18.8. The second-order valence-corrected chi connectivity index (χ2v) is 5.21. The van der Waals surface area contributed by atoms with Gasteiger partial charge in [0.1, 0.15) is 17.9 Å². The lowest BCUT2D eigenvalue weighted by molar-refractivity contribution is -0.118. The van der Waals surface area contributed by atoms with Crippen molar-refractivity contribution in [1.29, 1.82) is 5.26 Å². The SMILES string of the molecule is CCOc1ccc(OCC(=O)Nc2cccc(NC(=O)CC#N)c2)cc1. The van der Waals surface area contributed by atoms with Crippen LogP contribution < -0.4 is 20.1 Å². The summed E-state index contributed by atoms with van der Waals surface area (Å²) >= 11 is 0. The molecule has 0 saturated carbocycles. The highest BCUT2D eigenvalue weighted by Gasteiger charge is 2.06. The molecule has 0 bridgehead atoms. The van der Waals surface area contributed by atoms with Gasteiger partial charge in [-0.25, -0.2) is 0 Å². The summed E-state index contributed by atoms with van der Waals surface area (Å²) in [6.45, 7) is 2.33. The van der Waals surface area contributed by atoms with Gasteiger partial charge in [-0.1, -0.05) is 6.07 Å². The molecule has 0 aliphatic carbocycles. The normalized spacial score (nSPS) is 9.69. The molecule has 0 aliphatic rings. The van der Waals surface area contributed by atoms with Crippen molar-refractivity contribution in [1.82, 2.24) is 0 Å². The van der Waals surface area contributed by atoms with Crippen LogP contribution in [0, 0.1) is 11.3 Å². The van der Waals surface area contributed by atoms with E-state index in [0.29, 0.717) is 23.7 Å². The number of amides is 2. The molecule has 2 amide bonds. The molecule has 0 heterocycles. The van der Waals surface area contributed by atoms with Gasteiger partial charge in [-0.2, -0.15) is 5.26 Å². The number of anilines is 2. The summed E-state index contributed by atoms with van der Waals surface area (Å²) in [7, 11) is 0. The molecule has 26 heavy (non-hydrogen) atoms. The number of hydrogen-bond acceptors (Lipinski definition) is 5. The summed E-state index contributed by atoms with van der Waals surface area (Å²) in [5.41, 5.74) is 1.01. The smallest absolute Gasteiger partial charge is 0.262 e. The minimum absolute atomic E-state index is 0.154. The van der Waals surface area contributed by atoms with Crippen molar-refractivity contribution in [2.24, 2.45) is 0 Å². The zero-order valence-electron chi connectivity index (χ0n) is 14.3. The van der Waals surface area contributed by atoms with Crippen molar-refractivity contribution in [3.63, 3.8) is 0 Å². The Kier molecular flexibility index (Phi) is 7.01. The van der Waals surface area contributed by atoms with Crippen LogP contribution in [-0.2, 0) is 9.59 Å². The summed E-state index contributed by atoms with van der Waals surface area (Å²) in [6, 6.07) is 15.4. The van der Waals surface area contributed by atoms with Crippen LogP contribution in [0.25, 0.3) is 0 Å². The van der Waals surface area contributed by atoms with Crippen LogP contribution in [0.1, 0.15) is 13.3 Å². The van der Waals surface area contributed by atoms with E-state index in [1.54, 1.807) is 54.6 Å². The molecule has 0 saturated heterocycles. The Balaban J connectivity index is 1.85. The first-order valence-corrected chi connectivity index (χ1v) is 8.03. The van der Waals surface area contributed by atoms with Crippen LogP contribution in [0.5, 0.6) is 11.5 Å². The molecule has 7 nitrogen and oxygen atoms in total. The highest BCUT2D eigenvalue weighted by molar-refractivity contribution is 5.95. The molecule has 0 aliphatic heterocycles. The third-order valence-corrected chi connectivity index (χ3v) is 3.17. The quantitative estimate of drug-likeness (QED) is 0.760. The van der Waals surface area contributed by atoms with Gasteiger partial charge < -0.3 is 20.1 Å². The van der Waals surface area contributed by atoms with Crippen molar-refractivity contribution >= 4 is 23.2 Å². The molecule has 0 spiro atoms. The minimum atomic E-state index is -0.408. The molecule has 2 rings (SSSR count). The number of carbonyl (C=O) groups excluding carboxylic acids is 2. The topological polar surface area (TPSA) is 100 Å². The third-order valence-electron chi connectivity index (χ3n) is 3.17. The molecule has 134 valence electrons. The molecular formula is C19H19N3O4. The van der Waals surface area contributed by atoms with E-state index in [1.165, 1.54) is 0 Å². The van der Waals surface area contributed by atoms with Gasteiger partial charge in [0, 0.05) is 11.4 Å². The molecule has 0 unspecified atom stereocenters. The number of hydrogen-bond donors (Lipinski definition) is 2. The van der Waals surface area contributed by atoms with Gasteiger partial charge in [0.25, 0.3) is 5.91 Å². The molecule has 0 fully saturated rings. The summed E-state index contributed by atoms with van der Waals surface area (Å²) in [5, 5.41) is 13.8. The highest BCUT2D eigenvalue weighted by atomic mass is 16.5. The molecule has 0 atom stereocenters. The largest absolute Gasteiger partial charge is 0.494 e.